The largest absolute Gasteiger partial charge is 0.441 e. The zero-order valence-electron chi connectivity index (χ0n) is 14.4. The second kappa shape index (κ2) is 7.75. The fourth-order valence-electron chi connectivity index (χ4n) is 2.55. The third-order valence-corrected chi connectivity index (χ3v) is 4.04. The van der Waals surface area contributed by atoms with E-state index >= 15 is 0 Å². The first-order chi connectivity index (χ1) is 12.1. The number of benzene rings is 1. The quantitative estimate of drug-likeness (QED) is 0.743. The molecule has 0 aliphatic carbocycles. The molecular formula is C20H21N3O2. The van der Waals surface area contributed by atoms with E-state index in [1.807, 2.05) is 50.2 Å². The normalized spacial score (nSPS) is 11.9. The van der Waals surface area contributed by atoms with Crippen LogP contribution in [0.1, 0.15) is 36.4 Å². The van der Waals surface area contributed by atoms with Gasteiger partial charge in [0, 0.05) is 30.8 Å². The summed E-state index contributed by atoms with van der Waals surface area (Å²) in [6.07, 6.45) is 5.95. The van der Waals surface area contributed by atoms with Crippen LogP contribution in [0, 0.1) is 6.92 Å². The summed E-state index contributed by atoms with van der Waals surface area (Å²) >= 11 is 0. The van der Waals surface area contributed by atoms with Crippen molar-refractivity contribution in [2.24, 2.45) is 0 Å². The van der Waals surface area contributed by atoms with Gasteiger partial charge in [0.2, 0.25) is 5.91 Å². The summed E-state index contributed by atoms with van der Waals surface area (Å²) in [6.45, 7) is 4.00. The molecule has 2 aromatic heterocycles. The molecule has 0 bridgehead atoms. The number of carbonyl (C=O) groups is 1. The maximum atomic E-state index is 12.1. The minimum absolute atomic E-state index is 0.0283. The molecule has 0 saturated carbocycles. The molecule has 1 N–H and O–H groups in total. The van der Waals surface area contributed by atoms with Crippen molar-refractivity contribution >= 4 is 5.91 Å². The van der Waals surface area contributed by atoms with Crippen molar-refractivity contribution in [3.05, 3.63) is 72.0 Å². The number of rotatable bonds is 6. The van der Waals surface area contributed by atoms with E-state index in [-0.39, 0.29) is 11.9 Å². The zero-order valence-corrected chi connectivity index (χ0v) is 14.4. The lowest BCUT2D eigenvalue weighted by Crippen LogP contribution is -2.26. The van der Waals surface area contributed by atoms with Crippen LogP contribution < -0.4 is 5.32 Å². The lowest BCUT2D eigenvalue weighted by Gasteiger charge is -2.13. The van der Waals surface area contributed by atoms with Crippen molar-refractivity contribution in [1.29, 1.82) is 0 Å². The highest BCUT2D eigenvalue weighted by Crippen LogP contribution is 2.21. The average molecular weight is 335 g/mol. The maximum Gasteiger partial charge on any atom is 0.220 e. The Bertz CT molecular complexity index is 826. The van der Waals surface area contributed by atoms with Crippen LogP contribution in [0.25, 0.3) is 11.3 Å². The minimum Gasteiger partial charge on any atom is -0.441 e. The topological polar surface area (TPSA) is 68.0 Å². The number of amides is 1. The number of hydrogen-bond donors (Lipinski definition) is 1. The molecule has 1 unspecified atom stereocenters. The summed E-state index contributed by atoms with van der Waals surface area (Å²) < 4.78 is 5.75. The van der Waals surface area contributed by atoms with Crippen molar-refractivity contribution in [3.63, 3.8) is 0 Å². The second-order valence-electron chi connectivity index (χ2n) is 6.05. The molecule has 0 aliphatic rings. The molecule has 2 heterocycles. The van der Waals surface area contributed by atoms with Gasteiger partial charge in [-0.1, -0.05) is 29.8 Å². The number of nitrogens with one attached hydrogen (secondary N) is 1. The monoisotopic (exact) mass is 335 g/mol. The summed E-state index contributed by atoms with van der Waals surface area (Å²) in [7, 11) is 0. The number of pyridine rings is 1. The molecule has 0 radical (unpaired) electrons. The predicted octanol–water partition coefficient (Wildman–Crippen LogP) is 3.86. The predicted molar refractivity (Wildman–Crippen MR) is 95.8 cm³/mol. The molecule has 5 heteroatoms. The van der Waals surface area contributed by atoms with E-state index in [1.165, 1.54) is 5.56 Å². The van der Waals surface area contributed by atoms with Crippen LogP contribution in [-0.4, -0.2) is 15.9 Å². The summed E-state index contributed by atoms with van der Waals surface area (Å²) in [5.41, 5.74) is 3.21. The van der Waals surface area contributed by atoms with Crippen LogP contribution in [0.5, 0.6) is 0 Å². The first-order valence-corrected chi connectivity index (χ1v) is 8.33. The Labute approximate surface area is 147 Å². The number of oxazole rings is 1. The standard InChI is InChI=1S/C20H21N3O2/c1-14-3-5-17(6-4-14)18-13-22-20(25-18)8-7-19(24)23-15(2)16-9-11-21-12-10-16/h3-6,9-13,15H,7-8H2,1-2H3,(H,23,24). The molecular weight excluding hydrogens is 314 g/mol. The molecule has 3 aromatic rings. The van der Waals surface area contributed by atoms with Gasteiger partial charge in [0.05, 0.1) is 12.2 Å². The zero-order chi connectivity index (χ0) is 17.6. The smallest absolute Gasteiger partial charge is 0.220 e. The highest BCUT2D eigenvalue weighted by atomic mass is 16.4. The lowest BCUT2D eigenvalue weighted by molar-refractivity contribution is -0.121. The van der Waals surface area contributed by atoms with Crippen molar-refractivity contribution in [1.82, 2.24) is 15.3 Å². The van der Waals surface area contributed by atoms with Gasteiger partial charge in [-0.05, 0) is 31.5 Å². The first kappa shape index (κ1) is 16.9. The van der Waals surface area contributed by atoms with Crippen LogP contribution in [0.15, 0.2) is 59.4 Å². The van der Waals surface area contributed by atoms with Crippen molar-refractivity contribution < 1.29 is 9.21 Å². The minimum atomic E-state index is -0.0526. The van der Waals surface area contributed by atoms with Gasteiger partial charge in [-0.2, -0.15) is 0 Å². The average Bonchev–Trinajstić information content (AvgIpc) is 3.10. The van der Waals surface area contributed by atoms with Gasteiger partial charge in [-0.25, -0.2) is 4.98 Å². The molecule has 128 valence electrons. The third kappa shape index (κ3) is 4.53. The highest BCUT2D eigenvalue weighted by Gasteiger charge is 2.12. The third-order valence-electron chi connectivity index (χ3n) is 4.04. The summed E-state index contributed by atoms with van der Waals surface area (Å²) in [5, 5.41) is 2.97. The van der Waals surface area contributed by atoms with Crippen LogP contribution in [0.3, 0.4) is 0 Å². The molecule has 3 rings (SSSR count). The number of hydrogen-bond acceptors (Lipinski definition) is 4. The first-order valence-electron chi connectivity index (χ1n) is 8.33. The van der Waals surface area contributed by atoms with Gasteiger partial charge in [0.25, 0.3) is 0 Å². The number of aryl methyl sites for hydroxylation is 2. The molecule has 1 aromatic carbocycles. The van der Waals surface area contributed by atoms with Crippen molar-refractivity contribution in [2.45, 2.75) is 32.7 Å². The fourth-order valence-corrected chi connectivity index (χ4v) is 2.55. The Hall–Kier alpha value is -2.95. The van der Waals surface area contributed by atoms with Crippen LogP contribution in [0.2, 0.25) is 0 Å². The van der Waals surface area contributed by atoms with Gasteiger partial charge in [0.15, 0.2) is 11.7 Å². The second-order valence-corrected chi connectivity index (χ2v) is 6.05. The lowest BCUT2D eigenvalue weighted by atomic mass is 10.1. The van der Waals surface area contributed by atoms with E-state index in [0.29, 0.717) is 18.7 Å². The Kier molecular flexibility index (Phi) is 5.23. The molecule has 1 atom stereocenters. The number of carbonyl (C=O) groups excluding carboxylic acids is 1. The van der Waals surface area contributed by atoms with Gasteiger partial charge in [0.1, 0.15) is 0 Å². The summed E-state index contributed by atoms with van der Waals surface area (Å²) in [5.74, 6) is 1.27. The van der Waals surface area contributed by atoms with Gasteiger partial charge < -0.3 is 9.73 Å². The van der Waals surface area contributed by atoms with E-state index < -0.39 is 0 Å². The molecule has 5 nitrogen and oxygen atoms in total. The van der Waals surface area contributed by atoms with E-state index in [1.54, 1.807) is 18.6 Å². The van der Waals surface area contributed by atoms with Crippen LogP contribution in [0.4, 0.5) is 0 Å². The van der Waals surface area contributed by atoms with Crippen LogP contribution in [-0.2, 0) is 11.2 Å². The molecule has 0 spiro atoms. The van der Waals surface area contributed by atoms with Gasteiger partial charge >= 0.3 is 0 Å². The number of aromatic nitrogens is 2. The van der Waals surface area contributed by atoms with Gasteiger partial charge in [-0.15, -0.1) is 0 Å². The molecule has 0 saturated heterocycles. The number of nitrogens with zero attached hydrogens (tertiary/aromatic N) is 2. The van der Waals surface area contributed by atoms with Crippen LogP contribution >= 0.6 is 0 Å². The van der Waals surface area contributed by atoms with E-state index in [9.17, 15) is 4.79 Å². The van der Waals surface area contributed by atoms with E-state index in [0.717, 1.165) is 16.9 Å². The highest BCUT2D eigenvalue weighted by molar-refractivity contribution is 5.76. The van der Waals surface area contributed by atoms with Gasteiger partial charge in [-0.3, -0.25) is 9.78 Å². The Morgan fingerprint density at radius 1 is 1.16 bits per heavy atom. The molecule has 0 aliphatic heterocycles. The molecule has 1 amide bonds. The summed E-state index contributed by atoms with van der Waals surface area (Å²) in [4.78, 5) is 20.4. The summed E-state index contributed by atoms with van der Waals surface area (Å²) in [6, 6.07) is 11.8. The van der Waals surface area contributed by atoms with Crippen molar-refractivity contribution in [3.8, 4) is 11.3 Å². The van der Waals surface area contributed by atoms with Crippen molar-refractivity contribution in [2.75, 3.05) is 0 Å². The Balaban J connectivity index is 1.53. The molecule has 0 fully saturated rings. The van der Waals surface area contributed by atoms with E-state index in [2.05, 4.69) is 15.3 Å². The Morgan fingerprint density at radius 2 is 1.88 bits per heavy atom. The SMILES string of the molecule is Cc1ccc(-c2cnc(CCC(=O)NC(C)c3ccncc3)o2)cc1. The maximum absolute atomic E-state index is 12.1. The fraction of sp³-hybridized carbons (Fsp3) is 0.250. The Morgan fingerprint density at radius 3 is 2.60 bits per heavy atom. The van der Waals surface area contributed by atoms with E-state index in [4.69, 9.17) is 4.42 Å². The molecule has 25 heavy (non-hydrogen) atoms.